The molecule has 0 saturated heterocycles. The molecule has 148 valence electrons. The Hall–Kier alpha value is -1.68. The van der Waals surface area contributed by atoms with Gasteiger partial charge in [-0.25, -0.2) is 8.42 Å². The second-order valence-electron chi connectivity index (χ2n) is 6.11. The summed E-state index contributed by atoms with van der Waals surface area (Å²) in [5.41, 5.74) is -0.598. The van der Waals surface area contributed by atoms with E-state index < -0.39 is 26.7 Å². The van der Waals surface area contributed by atoms with Gasteiger partial charge < -0.3 is 4.90 Å². The molecule has 0 radical (unpaired) electrons. The van der Waals surface area contributed by atoms with Crippen LogP contribution in [0.15, 0.2) is 47.5 Å². The normalized spacial score (nSPS) is 12.7. The molecule has 0 fully saturated rings. The molecule has 5 nitrogen and oxygen atoms in total. The van der Waals surface area contributed by atoms with Crippen LogP contribution in [0, 0.1) is 0 Å². The van der Waals surface area contributed by atoms with Crippen molar-refractivity contribution in [2.24, 2.45) is 0 Å². The van der Waals surface area contributed by atoms with Gasteiger partial charge in [-0.2, -0.15) is 17.5 Å². The first-order valence-corrected chi connectivity index (χ1v) is 9.75. The quantitative estimate of drug-likeness (QED) is 0.686. The minimum atomic E-state index is -4.68. The Balaban J connectivity index is 2.46. The second-order valence-corrected chi connectivity index (χ2v) is 8.42. The Morgan fingerprint density at radius 1 is 1.11 bits per heavy atom. The van der Waals surface area contributed by atoms with Crippen molar-refractivity contribution in [3.05, 3.63) is 58.9 Å². The van der Waals surface area contributed by atoms with Crippen LogP contribution in [0.3, 0.4) is 0 Å². The van der Waals surface area contributed by atoms with Crippen molar-refractivity contribution in [3.63, 3.8) is 0 Å². The zero-order chi connectivity index (χ0) is 20.2. The van der Waals surface area contributed by atoms with Gasteiger partial charge >= 0.3 is 6.18 Å². The summed E-state index contributed by atoms with van der Waals surface area (Å²) in [4.78, 5) is 5.30. The number of alkyl halides is 3. The van der Waals surface area contributed by atoms with Crippen molar-refractivity contribution in [3.8, 4) is 0 Å². The van der Waals surface area contributed by atoms with Gasteiger partial charge in [-0.3, -0.25) is 4.98 Å². The van der Waals surface area contributed by atoms with E-state index in [1.165, 1.54) is 6.20 Å². The summed E-state index contributed by atoms with van der Waals surface area (Å²) in [5, 5.41) is -0.265. The van der Waals surface area contributed by atoms with Gasteiger partial charge in [0.2, 0.25) is 10.0 Å². The van der Waals surface area contributed by atoms with Gasteiger partial charge in [0, 0.05) is 19.3 Å². The molecule has 0 aliphatic heterocycles. The SMILES string of the molecule is CN(C)CCN(Cc1ccccn1)S(=O)(=O)c1cc(C(F)(F)F)ccc1Cl. The molecule has 0 N–H and O–H groups in total. The average molecular weight is 422 g/mol. The van der Waals surface area contributed by atoms with E-state index in [0.29, 0.717) is 18.3 Å². The summed E-state index contributed by atoms with van der Waals surface area (Å²) >= 11 is 5.94. The van der Waals surface area contributed by atoms with Crippen LogP contribution in [-0.4, -0.2) is 49.8 Å². The number of aromatic nitrogens is 1. The van der Waals surface area contributed by atoms with Crippen LogP contribution < -0.4 is 0 Å². The van der Waals surface area contributed by atoms with E-state index in [-0.39, 0.29) is 18.1 Å². The molecule has 10 heteroatoms. The Morgan fingerprint density at radius 2 is 1.81 bits per heavy atom. The van der Waals surface area contributed by atoms with E-state index in [0.717, 1.165) is 16.4 Å². The van der Waals surface area contributed by atoms with Gasteiger partial charge in [0.05, 0.1) is 22.8 Å². The van der Waals surface area contributed by atoms with Crippen molar-refractivity contribution in [1.82, 2.24) is 14.2 Å². The molecule has 0 bridgehead atoms. The minimum Gasteiger partial charge on any atom is -0.308 e. The molecule has 1 aromatic heterocycles. The standard InChI is InChI=1S/C17H19ClF3N3O2S/c1-23(2)9-10-24(12-14-5-3-4-8-22-14)27(25,26)16-11-13(17(19,20)21)6-7-15(16)18/h3-8,11H,9-10,12H2,1-2H3. The summed E-state index contributed by atoms with van der Waals surface area (Å²) in [6.45, 7) is 0.366. The summed E-state index contributed by atoms with van der Waals surface area (Å²) in [7, 11) is -0.740. The fourth-order valence-corrected chi connectivity index (χ4v) is 4.19. The number of benzene rings is 1. The van der Waals surface area contributed by atoms with Crippen LogP contribution in [0.25, 0.3) is 0 Å². The molecule has 0 amide bonds. The van der Waals surface area contributed by atoms with Crippen LogP contribution in [-0.2, 0) is 22.7 Å². The summed E-state index contributed by atoms with van der Waals surface area (Å²) in [5.74, 6) is 0. The molecule has 0 aliphatic carbocycles. The van der Waals surface area contributed by atoms with Gasteiger partial charge in [0.15, 0.2) is 0 Å². The lowest BCUT2D eigenvalue weighted by atomic mass is 10.2. The summed E-state index contributed by atoms with van der Waals surface area (Å²) < 4.78 is 66.3. The molecule has 0 saturated carbocycles. The number of likely N-dealkylation sites (N-methyl/N-ethyl adjacent to an activating group) is 1. The lowest BCUT2D eigenvalue weighted by Gasteiger charge is -2.24. The van der Waals surface area contributed by atoms with Crippen LogP contribution in [0.1, 0.15) is 11.3 Å². The van der Waals surface area contributed by atoms with Crippen molar-refractivity contribution in [2.75, 3.05) is 27.2 Å². The molecule has 2 rings (SSSR count). The van der Waals surface area contributed by atoms with Crippen LogP contribution in [0.2, 0.25) is 5.02 Å². The van der Waals surface area contributed by atoms with Crippen molar-refractivity contribution in [1.29, 1.82) is 0 Å². The van der Waals surface area contributed by atoms with E-state index in [4.69, 9.17) is 11.6 Å². The first kappa shape index (κ1) is 21.6. The van der Waals surface area contributed by atoms with Gasteiger partial charge in [-0.15, -0.1) is 0 Å². The first-order chi connectivity index (χ1) is 12.5. The van der Waals surface area contributed by atoms with Crippen molar-refractivity contribution in [2.45, 2.75) is 17.6 Å². The predicted octanol–water partition coefficient (Wildman–Crippen LogP) is 3.51. The lowest BCUT2D eigenvalue weighted by molar-refractivity contribution is -0.137. The highest BCUT2D eigenvalue weighted by Gasteiger charge is 2.34. The van der Waals surface area contributed by atoms with E-state index in [1.807, 2.05) is 0 Å². The molecule has 0 unspecified atom stereocenters. The van der Waals surface area contributed by atoms with Crippen LogP contribution in [0.4, 0.5) is 13.2 Å². The second kappa shape index (κ2) is 8.55. The molecular formula is C17H19ClF3N3O2S. The lowest BCUT2D eigenvalue weighted by Crippen LogP contribution is -2.36. The largest absolute Gasteiger partial charge is 0.416 e. The molecule has 0 aliphatic rings. The zero-order valence-corrected chi connectivity index (χ0v) is 16.3. The summed E-state index contributed by atoms with van der Waals surface area (Å²) in [6, 6.07) is 7.30. The fourth-order valence-electron chi connectivity index (χ4n) is 2.28. The third kappa shape index (κ3) is 5.65. The maximum absolute atomic E-state index is 13.1. The summed E-state index contributed by atoms with van der Waals surface area (Å²) in [6.07, 6.45) is -3.16. The number of sulfonamides is 1. The third-order valence-corrected chi connectivity index (χ3v) is 6.06. The molecule has 27 heavy (non-hydrogen) atoms. The Morgan fingerprint density at radius 3 is 2.37 bits per heavy atom. The Kier molecular flexibility index (Phi) is 6.85. The highest BCUT2D eigenvalue weighted by Crippen LogP contribution is 2.34. The Labute approximate surface area is 161 Å². The number of halogens is 4. The minimum absolute atomic E-state index is 0.0679. The fraction of sp³-hybridized carbons (Fsp3) is 0.353. The van der Waals surface area contributed by atoms with Gasteiger partial charge in [-0.05, 0) is 44.4 Å². The maximum atomic E-state index is 13.1. The number of hydrogen-bond acceptors (Lipinski definition) is 4. The number of pyridine rings is 1. The maximum Gasteiger partial charge on any atom is 0.416 e. The number of nitrogens with zero attached hydrogens (tertiary/aromatic N) is 3. The van der Waals surface area contributed by atoms with Crippen LogP contribution in [0.5, 0.6) is 0 Å². The van der Waals surface area contributed by atoms with E-state index in [9.17, 15) is 21.6 Å². The number of rotatable bonds is 7. The molecule has 1 heterocycles. The van der Waals surface area contributed by atoms with E-state index >= 15 is 0 Å². The highest BCUT2D eigenvalue weighted by molar-refractivity contribution is 7.89. The average Bonchev–Trinajstić information content (AvgIpc) is 2.58. The third-order valence-electron chi connectivity index (χ3n) is 3.74. The Bertz CT molecular complexity index is 875. The van der Waals surface area contributed by atoms with Gasteiger partial charge in [-0.1, -0.05) is 17.7 Å². The molecular weight excluding hydrogens is 403 g/mol. The molecule has 1 aromatic carbocycles. The predicted molar refractivity (Wildman–Crippen MR) is 96.8 cm³/mol. The zero-order valence-electron chi connectivity index (χ0n) is 14.7. The van der Waals surface area contributed by atoms with Gasteiger partial charge in [0.25, 0.3) is 0 Å². The van der Waals surface area contributed by atoms with Crippen molar-refractivity contribution < 1.29 is 21.6 Å². The topological polar surface area (TPSA) is 53.5 Å². The highest BCUT2D eigenvalue weighted by atomic mass is 35.5. The molecule has 0 atom stereocenters. The van der Waals surface area contributed by atoms with E-state index in [2.05, 4.69) is 4.98 Å². The van der Waals surface area contributed by atoms with Crippen LogP contribution >= 0.6 is 11.6 Å². The van der Waals surface area contributed by atoms with E-state index in [1.54, 1.807) is 37.2 Å². The smallest absolute Gasteiger partial charge is 0.308 e. The first-order valence-electron chi connectivity index (χ1n) is 7.93. The monoisotopic (exact) mass is 421 g/mol. The van der Waals surface area contributed by atoms with Gasteiger partial charge in [0.1, 0.15) is 4.90 Å². The molecule has 0 spiro atoms. The van der Waals surface area contributed by atoms with Crippen molar-refractivity contribution >= 4 is 21.6 Å². The number of hydrogen-bond donors (Lipinski definition) is 0. The molecule has 2 aromatic rings.